The lowest BCUT2D eigenvalue weighted by atomic mass is 9.70. The Morgan fingerprint density at radius 3 is 1.58 bits per heavy atom. The molecule has 12 heavy (non-hydrogen) atoms. The molecule has 2 unspecified atom stereocenters. The summed E-state index contributed by atoms with van der Waals surface area (Å²) in [6.45, 7) is 14.5. The monoisotopic (exact) mass is 171 g/mol. The van der Waals surface area contributed by atoms with Gasteiger partial charge in [0.2, 0.25) is 0 Å². The molecule has 0 fully saturated rings. The zero-order chi connectivity index (χ0) is 9.94. The van der Waals surface area contributed by atoms with Crippen molar-refractivity contribution in [2.75, 3.05) is 6.54 Å². The van der Waals surface area contributed by atoms with Gasteiger partial charge in [0.1, 0.15) is 0 Å². The molecule has 2 N–H and O–H groups in total. The maximum absolute atomic E-state index is 5.80. The highest BCUT2D eigenvalue weighted by Crippen LogP contribution is 2.34. The van der Waals surface area contributed by atoms with Gasteiger partial charge in [-0.2, -0.15) is 0 Å². The molecule has 1 heteroatoms. The average Bonchev–Trinajstić information content (AvgIpc) is 1.85. The lowest BCUT2D eigenvalue weighted by Crippen LogP contribution is -2.35. The fourth-order valence-electron chi connectivity index (χ4n) is 1.82. The molecule has 0 spiro atoms. The molecule has 0 radical (unpaired) electrons. The van der Waals surface area contributed by atoms with Crippen LogP contribution >= 0.6 is 0 Å². The van der Waals surface area contributed by atoms with Crippen LogP contribution in [0.15, 0.2) is 0 Å². The third kappa shape index (κ3) is 3.14. The first-order valence-electron chi connectivity index (χ1n) is 5.00. The number of rotatable bonds is 3. The van der Waals surface area contributed by atoms with Gasteiger partial charge in [-0.15, -0.1) is 0 Å². The number of hydrogen-bond acceptors (Lipinski definition) is 1. The molecule has 0 aromatic heterocycles. The van der Waals surface area contributed by atoms with Crippen LogP contribution in [0.5, 0.6) is 0 Å². The Balaban J connectivity index is 4.35. The normalized spacial score (nSPS) is 18.0. The first-order valence-corrected chi connectivity index (χ1v) is 5.00. The summed E-state index contributed by atoms with van der Waals surface area (Å²) in [5.41, 5.74) is 6.14. The topological polar surface area (TPSA) is 26.0 Å². The summed E-state index contributed by atoms with van der Waals surface area (Å²) in [5, 5.41) is 0. The van der Waals surface area contributed by atoms with E-state index in [0.717, 1.165) is 18.4 Å². The molecule has 0 amide bonds. The van der Waals surface area contributed by atoms with Crippen LogP contribution < -0.4 is 5.73 Å². The minimum atomic E-state index is 0.346. The van der Waals surface area contributed by atoms with Gasteiger partial charge in [0.05, 0.1) is 0 Å². The maximum Gasteiger partial charge on any atom is -0.00412 e. The van der Waals surface area contributed by atoms with Crippen molar-refractivity contribution in [2.24, 2.45) is 28.9 Å². The van der Waals surface area contributed by atoms with Crippen molar-refractivity contribution in [1.29, 1.82) is 0 Å². The summed E-state index contributed by atoms with van der Waals surface area (Å²) >= 11 is 0. The molecule has 74 valence electrons. The van der Waals surface area contributed by atoms with Crippen molar-refractivity contribution in [3.05, 3.63) is 0 Å². The Kier molecular flexibility index (Phi) is 4.25. The average molecular weight is 171 g/mol. The third-order valence-electron chi connectivity index (χ3n) is 3.05. The second-order valence-electron chi connectivity index (χ2n) is 5.31. The maximum atomic E-state index is 5.80. The standard InChI is InChI=1S/C11H25N/c1-8(2)9(3)10(7-12)11(4,5)6/h8-10H,7,12H2,1-6H3. The fraction of sp³-hybridized carbons (Fsp3) is 1.00. The molecule has 0 aliphatic rings. The van der Waals surface area contributed by atoms with E-state index in [2.05, 4.69) is 41.5 Å². The van der Waals surface area contributed by atoms with E-state index in [1.54, 1.807) is 0 Å². The molecule has 2 atom stereocenters. The Bertz CT molecular complexity index is 121. The van der Waals surface area contributed by atoms with Crippen LogP contribution in [0.1, 0.15) is 41.5 Å². The van der Waals surface area contributed by atoms with E-state index in [0.29, 0.717) is 11.3 Å². The van der Waals surface area contributed by atoms with E-state index < -0.39 is 0 Å². The highest BCUT2D eigenvalue weighted by molar-refractivity contribution is 4.80. The Morgan fingerprint density at radius 1 is 1.08 bits per heavy atom. The molecule has 1 nitrogen and oxygen atoms in total. The minimum absolute atomic E-state index is 0.346. The van der Waals surface area contributed by atoms with Gasteiger partial charge in [-0.3, -0.25) is 0 Å². The largest absolute Gasteiger partial charge is 0.330 e. The zero-order valence-corrected chi connectivity index (χ0v) is 9.52. The van der Waals surface area contributed by atoms with Crippen LogP contribution in [0.4, 0.5) is 0 Å². The smallest absolute Gasteiger partial charge is 0.00412 e. The summed E-state index contributed by atoms with van der Waals surface area (Å²) in [7, 11) is 0. The summed E-state index contributed by atoms with van der Waals surface area (Å²) in [5.74, 6) is 2.09. The highest BCUT2D eigenvalue weighted by atomic mass is 14.6. The molecule has 0 aromatic rings. The van der Waals surface area contributed by atoms with Gasteiger partial charge in [0, 0.05) is 0 Å². The molecule has 0 aliphatic heterocycles. The van der Waals surface area contributed by atoms with Crippen LogP contribution in [0.25, 0.3) is 0 Å². The van der Waals surface area contributed by atoms with E-state index >= 15 is 0 Å². The highest BCUT2D eigenvalue weighted by Gasteiger charge is 2.29. The quantitative estimate of drug-likeness (QED) is 0.694. The van der Waals surface area contributed by atoms with E-state index in [4.69, 9.17) is 5.73 Å². The molecule has 0 saturated carbocycles. The molecular weight excluding hydrogens is 146 g/mol. The first-order chi connectivity index (χ1) is 5.30. The predicted molar refractivity (Wildman–Crippen MR) is 56.0 cm³/mol. The molecule has 0 bridgehead atoms. The molecular formula is C11H25N. The van der Waals surface area contributed by atoms with E-state index in [1.807, 2.05) is 0 Å². The fourth-order valence-corrected chi connectivity index (χ4v) is 1.82. The van der Waals surface area contributed by atoms with Crippen LogP contribution in [0.3, 0.4) is 0 Å². The molecule has 0 saturated heterocycles. The van der Waals surface area contributed by atoms with Crippen molar-refractivity contribution in [3.8, 4) is 0 Å². The van der Waals surface area contributed by atoms with Gasteiger partial charge < -0.3 is 5.73 Å². The molecule has 0 rings (SSSR count). The molecule has 0 aromatic carbocycles. The van der Waals surface area contributed by atoms with E-state index in [9.17, 15) is 0 Å². The van der Waals surface area contributed by atoms with Crippen LogP contribution in [-0.2, 0) is 0 Å². The van der Waals surface area contributed by atoms with Gasteiger partial charge in [0.15, 0.2) is 0 Å². The van der Waals surface area contributed by atoms with Crippen molar-refractivity contribution in [2.45, 2.75) is 41.5 Å². The number of nitrogens with two attached hydrogens (primary N) is 1. The van der Waals surface area contributed by atoms with Crippen LogP contribution in [-0.4, -0.2) is 6.54 Å². The van der Waals surface area contributed by atoms with Crippen molar-refractivity contribution >= 4 is 0 Å². The second kappa shape index (κ2) is 4.27. The third-order valence-corrected chi connectivity index (χ3v) is 3.05. The van der Waals surface area contributed by atoms with Gasteiger partial charge in [0.25, 0.3) is 0 Å². The van der Waals surface area contributed by atoms with Gasteiger partial charge in [-0.05, 0) is 29.7 Å². The van der Waals surface area contributed by atoms with Gasteiger partial charge >= 0.3 is 0 Å². The Hall–Kier alpha value is -0.0400. The zero-order valence-electron chi connectivity index (χ0n) is 9.52. The van der Waals surface area contributed by atoms with E-state index in [1.165, 1.54) is 0 Å². The van der Waals surface area contributed by atoms with Crippen LogP contribution in [0, 0.1) is 23.2 Å². The van der Waals surface area contributed by atoms with E-state index in [-0.39, 0.29) is 0 Å². The van der Waals surface area contributed by atoms with Crippen molar-refractivity contribution in [3.63, 3.8) is 0 Å². The Morgan fingerprint density at radius 2 is 1.50 bits per heavy atom. The minimum Gasteiger partial charge on any atom is -0.330 e. The summed E-state index contributed by atoms with van der Waals surface area (Å²) in [6.07, 6.45) is 0. The summed E-state index contributed by atoms with van der Waals surface area (Å²) in [6, 6.07) is 0. The van der Waals surface area contributed by atoms with Gasteiger partial charge in [-0.25, -0.2) is 0 Å². The van der Waals surface area contributed by atoms with Crippen molar-refractivity contribution in [1.82, 2.24) is 0 Å². The SMILES string of the molecule is CC(C)C(C)C(CN)C(C)(C)C. The van der Waals surface area contributed by atoms with Gasteiger partial charge in [-0.1, -0.05) is 41.5 Å². The summed E-state index contributed by atoms with van der Waals surface area (Å²) in [4.78, 5) is 0. The molecule has 0 heterocycles. The number of hydrogen-bond donors (Lipinski definition) is 1. The van der Waals surface area contributed by atoms with Crippen molar-refractivity contribution < 1.29 is 0 Å². The lowest BCUT2D eigenvalue weighted by molar-refractivity contribution is 0.142. The van der Waals surface area contributed by atoms with Crippen LogP contribution in [0.2, 0.25) is 0 Å². The first kappa shape index (κ1) is 12.0. The predicted octanol–water partition coefficient (Wildman–Crippen LogP) is 2.90. The molecule has 0 aliphatic carbocycles. The lowest BCUT2D eigenvalue weighted by Gasteiger charge is -2.36. The second-order valence-corrected chi connectivity index (χ2v) is 5.31. The summed E-state index contributed by atoms with van der Waals surface area (Å²) < 4.78 is 0. The Labute approximate surface area is 77.7 Å².